The Bertz CT molecular complexity index is 289. The fourth-order valence-corrected chi connectivity index (χ4v) is 3.06. The van der Waals surface area contributed by atoms with Gasteiger partial charge in [-0.15, -0.1) is 0 Å². The van der Waals surface area contributed by atoms with E-state index in [1.807, 2.05) is 18.8 Å². The van der Waals surface area contributed by atoms with Crippen LogP contribution in [0.5, 0.6) is 0 Å². The molecule has 0 bridgehead atoms. The van der Waals surface area contributed by atoms with Gasteiger partial charge < -0.3 is 5.32 Å². The van der Waals surface area contributed by atoms with E-state index >= 15 is 0 Å². The largest absolute Gasteiger partial charge is 0.317 e. The third-order valence-electron chi connectivity index (χ3n) is 2.52. The first-order valence-electron chi connectivity index (χ1n) is 5.89. The quantitative estimate of drug-likeness (QED) is 0.575. The van der Waals surface area contributed by atoms with Gasteiger partial charge in [-0.05, 0) is 38.3 Å². The van der Waals surface area contributed by atoms with Crippen LogP contribution in [0.2, 0.25) is 0 Å². The number of nitrogens with one attached hydrogen (secondary N) is 1. The van der Waals surface area contributed by atoms with Gasteiger partial charge in [0.25, 0.3) is 0 Å². The summed E-state index contributed by atoms with van der Waals surface area (Å²) in [5.74, 6) is 2.14. The molecule has 0 aliphatic heterocycles. The Hall–Kier alpha value is -0.130. The normalized spacial score (nSPS) is 12.9. The second kappa shape index (κ2) is 8.03. The maximum Gasteiger partial charge on any atom is 0.170 e. The van der Waals surface area contributed by atoms with E-state index in [2.05, 4.69) is 28.5 Å². The molecule has 0 fully saturated rings. The summed E-state index contributed by atoms with van der Waals surface area (Å²) in [7, 11) is 2.02. The van der Waals surface area contributed by atoms with Gasteiger partial charge in [-0.1, -0.05) is 25.1 Å². The fraction of sp³-hybridized carbons (Fsp3) is 0.818. The molecule has 0 aromatic carbocycles. The van der Waals surface area contributed by atoms with Crippen LogP contribution in [0.1, 0.15) is 38.9 Å². The number of rotatable bonds is 8. The summed E-state index contributed by atoms with van der Waals surface area (Å²) in [6, 6.07) is 0.637. The van der Waals surface area contributed by atoms with Crippen LogP contribution in [-0.2, 0) is 6.42 Å². The van der Waals surface area contributed by atoms with Crippen LogP contribution in [0.3, 0.4) is 0 Å². The van der Waals surface area contributed by atoms with Crippen molar-refractivity contribution in [1.29, 1.82) is 0 Å². The predicted molar refractivity (Wildman–Crippen MR) is 72.4 cm³/mol. The van der Waals surface area contributed by atoms with E-state index in [9.17, 15) is 0 Å². The van der Waals surface area contributed by atoms with Gasteiger partial charge in [0.15, 0.2) is 4.34 Å². The Kier molecular flexibility index (Phi) is 7.00. The lowest BCUT2D eigenvalue weighted by atomic mass is 10.1. The van der Waals surface area contributed by atoms with Gasteiger partial charge in [0.05, 0.1) is 0 Å². The van der Waals surface area contributed by atoms with Crippen molar-refractivity contribution in [3.05, 3.63) is 5.82 Å². The molecule has 3 nitrogen and oxygen atoms in total. The summed E-state index contributed by atoms with van der Waals surface area (Å²) in [5, 5.41) is 3.26. The van der Waals surface area contributed by atoms with Gasteiger partial charge in [-0.2, -0.15) is 4.37 Å². The molecule has 1 unspecified atom stereocenters. The van der Waals surface area contributed by atoms with Gasteiger partial charge in [0, 0.05) is 18.2 Å². The highest BCUT2D eigenvalue weighted by Crippen LogP contribution is 2.21. The molecule has 0 spiro atoms. The molecule has 1 atom stereocenters. The lowest BCUT2D eigenvalue weighted by molar-refractivity contribution is 0.539. The standard InChI is InChI=1S/C11H21N3S2/c1-4-10-13-11(16-14-10)15-8-6-5-7-9(2)12-3/h9,12H,4-8H2,1-3H3. The van der Waals surface area contributed by atoms with Crippen molar-refractivity contribution in [3.63, 3.8) is 0 Å². The van der Waals surface area contributed by atoms with Gasteiger partial charge in [0.1, 0.15) is 5.82 Å². The molecule has 0 saturated carbocycles. The first-order chi connectivity index (χ1) is 7.76. The van der Waals surface area contributed by atoms with Gasteiger partial charge >= 0.3 is 0 Å². The first kappa shape index (κ1) is 13.9. The molecule has 92 valence electrons. The summed E-state index contributed by atoms with van der Waals surface area (Å²) in [4.78, 5) is 4.44. The summed E-state index contributed by atoms with van der Waals surface area (Å²) >= 11 is 3.37. The summed E-state index contributed by atoms with van der Waals surface area (Å²) < 4.78 is 5.40. The number of unbranched alkanes of at least 4 members (excludes halogenated alkanes) is 1. The van der Waals surface area contributed by atoms with Crippen molar-refractivity contribution in [2.75, 3.05) is 12.8 Å². The number of thioether (sulfide) groups is 1. The molecule has 0 saturated heterocycles. The molecule has 0 amide bonds. The molecular weight excluding hydrogens is 238 g/mol. The molecule has 16 heavy (non-hydrogen) atoms. The van der Waals surface area contributed by atoms with Crippen LogP contribution in [-0.4, -0.2) is 28.2 Å². The number of nitrogens with zero attached hydrogens (tertiary/aromatic N) is 2. The van der Waals surface area contributed by atoms with Crippen LogP contribution in [0.25, 0.3) is 0 Å². The Morgan fingerprint density at radius 2 is 2.25 bits per heavy atom. The second-order valence-corrected chi connectivity index (χ2v) is 5.96. The van der Waals surface area contributed by atoms with Crippen LogP contribution in [0.15, 0.2) is 4.34 Å². The minimum atomic E-state index is 0.637. The molecule has 0 radical (unpaired) electrons. The summed E-state index contributed by atoms with van der Waals surface area (Å²) in [6.07, 6.45) is 4.75. The zero-order valence-corrected chi connectivity index (χ0v) is 12.0. The molecule has 1 aromatic heterocycles. The van der Waals surface area contributed by atoms with Gasteiger partial charge in [0.2, 0.25) is 0 Å². The number of aromatic nitrogens is 2. The van der Waals surface area contributed by atoms with Crippen molar-refractivity contribution in [1.82, 2.24) is 14.7 Å². The number of hydrogen-bond acceptors (Lipinski definition) is 5. The summed E-state index contributed by atoms with van der Waals surface area (Å²) in [5.41, 5.74) is 0. The van der Waals surface area contributed by atoms with Crippen LogP contribution >= 0.6 is 23.3 Å². The van der Waals surface area contributed by atoms with Gasteiger partial charge in [-0.25, -0.2) is 4.98 Å². The lowest BCUT2D eigenvalue weighted by Crippen LogP contribution is -2.20. The Morgan fingerprint density at radius 1 is 1.44 bits per heavy atom. The minimum absolute atomic E-state index is 0.637. The average Bonchev–Trinajstić information content (AvgIpc) is 2.76. The van der Waals surface area contributed by atoms with E-state index in [1.54, 1.807) is 0 Å². The van der Waals surface area contributed by atoms with E-state index in [4.69, 9.17) is 0 Å². The minimum Gasteiger partial charge on any atom is -0.317 e. The molecule has 1 aromatic rings. The zero-order chi connectivity index (χ0) is 11.8. The van der Waals surface area contributed by atoms with E-state index in [-0.39, 0.29) is 0 Å². The fourth-order valence-electron chi connectivity index (χ4n) is 1.30. The third kappa shape index (κ3) is 5.27. The average molecular weight is 259 g/mol. The van der Waals surface area contributed by atoms with Crippen LogP contribution in [0.4, 0.5) is 0 Å². The van der Waals surface area contributed by atoms with Crippen molar-refractivity contribution >= 4 is 23.3 Å². The van der Waals surface area contributed by atoms with Gasteiger partial charge in [-0.3, -0.25) is 0 Å². The summed E-state index contributed by atoms with van der Waals surface area (Å²) in [6.45, 7) is 4.32. The Labute approximate surface area is 107 Å². The highest BCUT2D eigenvalue weighted by molar-refractivity contribution is 8.00. The Balaban J connectivity index is 2.07. The molecular formula is C11H21N3S2. The van der Waals surface area contributed by atoms with E-state index in [1.165, 1.54) is 30.8 Å². The van der Waals surface area contributed by atoms with Crippen molar-refractivity contribution in [3.8, 4) is 0 Å². The molecule has 1 rings (SSSR count). The highest BCUT2D eigenvalue weighted by Gasteiger charge is 2.03. The molecule has 1 N–H and O–H groups in total. The van der Waals surface area contributed by atoms with Crippen LogP contribution in [0, 0.1) is 0 Å². The number of aryl methyl sites for hydroxylation is 1. The van der Waals surface area contributed by atoms with Crippen LogP contribution < -0.4 is 5.32 Å². The lowest BCUT2D eigenvalue weighted by Gasteiger charge is -2.08. The smallest absolute Gasteiger partial charge is 0.170 e. The molecule has 0 aliphatic carbocycles. The maximum absolute atomic E-state index is 4.44. The Morgan fingerprint density at radius 3 is 2.88 bits per heavy atom. The molecule has 1 heterocycles. The topological polar surface area (TPSA) is 37.8 Å². The zero-order valence-electron chi connectivity index (χ0n) is 10.3. The van der Waals surface area contributed by atoms with E-state index in [0.717, 1.165) is 22.3 Å². The maximum atomic E-state index is 4.44. The SMILES string of the molecule is CCc1nsc(SCCCCC(C)NC)n1. The molecule has 0 aliphatic rings. The van der Waals surface area contributed by atoms with E-state index in [0.29, 0.717) is 6.04 Å². The third-order valence-corrected chi connectivity index (χ3v) is 4.47. The van der Waals surface area contributed by atoms with E-state index < -0.39 is 0 Å². The van der Waals surface area contributed by atoms with Crippen molar-refractivity contribution < 1.29 is 0 Å². The van der Waals surface area contributed by atoms with Crippen molar-refractivity contribution in [2.24, 2.45) is 0 Å². The highest BCUT2D eigenvalue weighted by atomic mass is 32.2. The first-order valence-corrected chi connectivity index (χ1v) is 7.64. The predicted octanol–water partition coefficient (Wildman–Crippen LogP) is 2.97. The monoisotopic (exact) mass is 259 g/mol. The molecule has 5 heteroatoms. The second-order valence-electron chi connectivity index (χ2n) is 3.86. The van der Waals surface area contributed by atoms with Crippen molar-refractivity contribution in [2.45, 2.75) is 49.9 Å². The number of hydrogen-bond donors (Lipinski definition) is 1.